The molecule has 1 N–H and O–H groups in total. The third-order valence-corrected chi connectivity index (χ3v) is 5.18. The summed E-state index contributed by atoms with van der Waals surface area (Å²) >= 11 is 1.72. The van der Waals surface area contributed by atoms with Crippen LogP contribution in [0, 0.1) is 10.1 Å². The molecule has 0 heterocycles. The molecule has 0 amide bonds. The molecule has 0 saturated carbocycles. The molecule has 2 aromatic rings. The first kappa shape index (κ1) is 15.9. The summed E-state index contributed by atoms with van der Waals surface area (Å²) in [5, 5.41) is 10.3. The number of hydrogen-bond donors (Lipinski definition) is 1. The molecule has 1 unspecified atom stereocenters. The molecule has 1 atom stereocenters. The molecular formula is C13H12IN2O4P. The minimum Gasteiger partial charge on any atom is -0.426 e. The largest absolute Gasteiger partial charge is 0.426 e. The van der Waals surface area contributed by atoms with Gasteiger partial charge in [0.2, 0.25) is 0 Å². The summed E-state index contributed by atoms with van der Waals surface area (Å²) in [7, 11) is 0. The van der Waals surface area contributed by atoms with Crippen LogP contribution in [0.4, 0.5) is 5.69 Å². The lowest BCUT2D eigenvalue weighted by Crippen LogP contribution is -2.10. The number of hydrogen-bond acceptors (Lipinski definition) is 4. The van der Waals surface area contributed by atoms with Crippen molar-refractivity contribution in [3.05, 3.63) is 70.3 Å². The van der Waals surface area contributed by atoms with Gasteiger partial charge in [0.1, 0.15) is 5.75 Å². The van der Waals surface area contributed by atoms with Crippen LogP contribution in [0.25, 0.3) is 0 Å². The van der Waals surface area contributed by atoms with E-state index in [1.807, 2.05) is 30.3 Å². The average Bonchev–Trinajstić information content (AvgIpc) is 2.46. The van der Waals surface area contributed by atoms with Crippen LogP contribution >= 0.6 is 27.2 Å². The normalized spacial score (nSPS) is 13.4. The summed E-state index contributed by atoms with van der Waals surface area (Å²) < 4.78 is 17.7. The maximum absolute atomic E-state index is 12.3. The molecule has 2 rings (SSSR count). The van der Waals surface area contributed by atoms with E-state index in [9.17, 15) is 14.7 Å². The topological polar surface area (TPSA) is 81.5 Å². The van der Waals surface area contributed by atoms with Crippen LogP contribution in [-0.2, 0) is 11.1 Å². The Kier molecular flexibility index (Phi) is 5.33. The summed E-state index contributed by atoms with van der Waals surface area (Å²) in [6, 6.07) is 15.0. The molecular weight excluding hydrogens is 406 g/mol. The smallest absolute Gasteiger partial charge is 0.374 e. The number of nitrogens with one attached hydrogen (secondary N) is 1. The highest BCUT2D eigenvalue weighted by molar-refractivity contribution is 14.2. The first-order chi connectivity index (χ1) is 9.96. The lowest BCUT2D eigenvalue weighted by atomic mass is 10.2. The number of nitro benzene ring substituents is 1. The van der Waals surface area contributed by atoms with E-state index in [-0.39, 0.29) is 5.69 Å². The van der Waals surface area contributed by atoms with Crippen molar-refractivity contribution in [1.82, 2.24) is 5.09 Å². The van der Waals surface area contributed by atoms with E-state index in [1.165, 1.54) is 24.3 Å². The van der Waals surface area contributed by atoms with Gasteiger partial charge >= 0.3 is 5.16 Å². The van der Waals surface area contributed by atoms with Gasteiger partial charge in [0, 0.05) is 18.7 Å². The van der Waals surface area contributed by atoms with Gasteiger partial charge in [-0.2, -0.15) is 0 Å². The van der Waals surface area contributed by atoms with Crippen LogP contribution in [0.1, 0.15) is 5.56 Å². The van der Waals surface area contributed by atoms with Crippen molar-refractivity contribution in [1.29, 1.82) is 0 Å². The summed E-state index contributed by atoms with van der Waals surface area (Å²) in [6.07, 6.45) is 0. The van der Waals surface area contributed by atoms with Crippen molar-refractivity contribution >= 4 is 32.9 Å². The molecule has 0 aliphatic carbocycles. The minimum absolute atomic E-state index is 0.0390. The van der Waals surface area contributed by atoms with Crippen molar-refractivity contribution in [3.8, 4) is 5.75 Å². The van der Waals surface area contributed by atoms with Gasteiger partial charge in [-0.3, -0.25) is 10.1 Å². The van der Waals surface area contributed by atoms with E-state index < -0.39 is 10.1 Å². The standard InChI is InChI=1S/C13H12IN2O4P/c14-21(19,15-10-11-4-2-1-3-5-11)20-13-8-6-12(7-9-13)16(17)18/h1-9H,10H2,(H,15,19). The molecule has 0 fully saturated rings. The molecule has 0 radical (unpaired) electrons. The first-order valence-electron chi connectivity index (χ1n) is 5.99. The molecule has 21 heavy (non-hydrogen) atoms. The fourth-order valence-corrected chi connectivity index (χ4v) is 3.60. The number of benzene rings is 2. The molecule has 0 saturated heterocycles. The lowest BCUT2D eigenvalue weighted by Gasteiger charge is -2.14. The highest BCUT2D eigenvalue weighted by Gasteiger charge is 2.19. The van der Waals surface area contributed by atoms with Crippen molar-refractivity contribution in [2.75, 3.05) is 0 Å². The molecule has 110 valence electrons. The highest BCUT2D eigenvalue weighted by Crippen LogP contribution is 2.51. The quantitative estimate of drug-likeness (QED) is 0.327. The maximum atomic E-state index is 12.3. The third kappa shape index (κ3) is 5.11. The maximum Gasteiger partial charge on any atom is 0.374 e. The highest BCUT2D eigenvalue weighted by atomic mass is 127. The van der Waals surface area contributed by atoms with Crippen molar-refractivity contribution in [2.24, 2.45) is 0 Å². The molecule has 0 spiro atoms. The predicted octanol–water partition coefficient (Wildman–Crippen LogP) is 4.31. The zero-order valence-corrected chi connectivity index (χ0v) is 13.9. The van der Waals surface area contributed by atoms with Gasteiger partial charge in [-0.25, -0.2) is 9.65 Å². The average molecular weight is 418 g/mol. The van der Waals surface area contributed by atoms with Crippen LogP contribution in [0.2, 0.25) is 0 Å². The molecule has 8 heteroatoms. The number of nitrogens with zero attached hydrogens (tertiary/aromatic N) is 1. The van der Waals surface area contributed by atoms with Crippen molar-refractivity contribution < 1.29 is 14.0 Å². The predicted molar refractivity (Wildman–Crippen MR) is 88.6 cm³/mol. The zero-order chi connectivity index (χ0) is 15.3. The fraction of sp³-hybridized carbons (Fsp3) is 0.0769. The van der Waals surface area contributed by atoms with E-state index in [2.05, 4.69) is 5.09 Å². The second-order valence-corrected chi connectivity index (χ2v) is 9.41. The van der Waals surface area contributed by atoms with Gasteiger partial charge in [-0.05, 0) is 17.7 Å². The molecule has 0 aliphatic heterocycles. The van der Waals surface area contributed by atoms with Crippen LogP contribution in [-0.4, -0.2) is 4.92 Å². The van der Waals surface area contributed by atoms with Crippen molar-refractivity contribution in [3.63, 3.8) is 0 Å². The summed E-state index contributed by atoms with van der Waals surface area (Å²) in [5.74, 6) is 0.318. The second-order valence-electron chi connectivity index (χ2n) is 4.14. The third-order valence-electron chi connectivity index (χ3n) is 2.59. The van der Waals surface area contributed by atoms with E-state index in [1.54, 1.807) is 22.0 Å². The number of nitro groups is 1. The summed E-state index contributed by atoms with van der Waals surface area (Å²) in [5.41, 5.74) is 0.949. The van der Waals surface area contributed by atoms with Gasteiger partial charge < -0.3 is 4.52 Å². The molecule has 0 bridgehead atoms. The van der Waals surface area contributed by atoms with Gasteiger partial charge in [0.25, 0.3) is 5.69 Å². The monoisotopic (exact) mass is 418 g/mol. The van der Waals surface area contributed by atoms with E-state index >= 15 is 0 Å². The Morgan fingerprint density at radius 1 is 1.14 bits per heavy atom. The number of halogens is 1. The summed E-state index contributed by atoms with van der Waals surface area (Å²) in [6.45, 7) is 0.411. The molecule has 0 aliphatic rings. The van der Waals surface area contributed by atoms with Crippen LogP contribution in [0.5, 0.6) is 5.75 Å². The van der Waals surface area contributed by atoms with Crippen molar-refractivity contribution in [2.45, 2.75) is 6.54 Å². The Balaban J connectivity index is 1.97. The zero-order valence-electron chi connectivity index (χ0n) is 10.8. The van der Waals surface area contributed by atoms with Gasteiger partial charge in [0.15, 0.2) is 0 Å². The Morgan fingerprint density at radius 3 is 2.33 bits per heavy atom. The Hall–Kier alpha value is -1.44. The molecule has 2 aromatic carbocycles. The van der Waals surface area contributed by atoms with Gasteiger partial charge in [0.05, 0.1) is 27.0 Å². The molecule has 6 nitrogen and oxygen atoms in total. The Bertz CT molecular complexity index is 664. The SMILES string of the molecule is O=[N+]([O-])c1ccc(OP(=O)(I)NCc2ccccc2)cc1. The minimum atomic E-state index is -3.07. The molecule has 0 aromatic heterocycles. The fourth-order valence-electron chi connectivity index (χ4n) is 1.58. The van der Waals surface area contributed by atoms with E-state index in [4.69, 9.17) is 4.52 Å². The van der Waals surface area contributed by atoms with E-state index in [0.29, 0.717) is 12.3 Å². The number of rotatable bonds is 6. The number of non-ortho nitro benzene ring substituents is 1. The van der Waals surface area contributed by atoms with Crippen LogP contribution in [0.3, 0.4) is 0 Å². The Morgan fingerprint density at radius 2 is 1.76 bits per heavy atom. The van der Waals surface area contributed by atoms with Gasteiger partial charge in [-0.1, -0.05) is 30.3 Å². The second kappa shape index (κ2) is 7.02. The van der Waals surface area contributed by atoms with Crippen LogP contribution in [0.15, 0.2) is 54.6 Å². The van der Waals surface area contributed by atoms with E-state index in [0.717, 1.165) is 5.56 Å². The van der Waals surface area contributed by atoms with Crippen LogP contribution < -0.4 is 9.61 Å². The Labute approximate surface area is 134 Å². The first-order valence-corrected chi connectivity index (χ1v) is 10.4. The lowest BCUT2D eigenvalue weighted by molar-refractivity contribution is -0.384. The summed E-state index contributed by atoms with van der Waals surface area (Å²) in [4.78, 5) is 10.1. The van der Waals surface area contributed by atoms with Gasteiger partial charge in [-0.15, -0.1) is 0 Å².